The predicted molar refractivity (Wildman–Crippen MR) is 64.8 cm³/mol. The molecule has 0 aromatic carbocycles. The molecule has 0 fully saturated rings. The third kappa shape index (κ3) is 4.68. The van der Waals surface area contributed by atoms with Crippen LogP contribution in [0.1, 0.15) is 13.3 Å². The molecule has 1 heterocycles. The normalized spacial score (nSPS) is 12.6. The molecule has 0 amide bonds. The Hall–Kier alpha value is -0.520. The van der Waals surface area contributed by atoms with E-state index >= 15 is 0 Å². The molecule has 3 nitrogen and oxygen atoms in total. The van der Waals surface area contributed by atoms with Crippen LogP contribution in [0.2, 0.25) is 0 Å². The number of thioether (sulfide) groups is 1. The van der Waals surface area contributed by atoms with Gasteiger partial charge in [-0.2, -0.15) is 0 Å². The first kappa shape index (κ1) is 12.5. The molecular weight excluding hydrogens is 230 g/mol. The molecule has 1 aromatic heterocycles. The van der Waals surface area contributed by atoms with E-state index in [9.17, 15) is 4.79 Å². The number of nitrogens with one attached hydrogen (secondary N) is 1. The summed E-state index contributed by atoms with van der Waals surface area (Å²) in [5.74, 6) is 0.0772. The number of likely N-dealkylation sites (N-methyl/N-ethyl adjacent to an activating group) is 1. The van der Waals surface area contributed by atoms with Gasteiger partial charge in [-0.15, -0.1) is 23.1 Å². The van der Waals surface area contributed by atoms with E-state index in [1.54, 1.807) is 23.1 Å². The van der Waals surface area contributed by atoms with Crippen molar-refractivity contribution in [2.45, 2.75) is 23.6 Å². The van der Waals surface area contributed by atoms with Gasteiger partial charge < -0.3 is 10.4 Å². The van der Waals surface area contributed by atoms with E-state index in [1.807, 2.05) is 18.4 Å². The maximum Gasteiger partial charge on any atom is 0.320 e. The maximum atomic E-state index is 10.8. The standard InChI is InChI=1S/C10H15NO2S2/c1-2-11-8(10(12)13)5-7-15-9-4-3-6-14-9/h3-4,6,8,11H,2,5,7H2,1H3,(H,12,13). The van der Waals surface area contributed by atoms with Crippen LogP contribution in [-0.4, -0.2) is 29.4 Å². The molecule has 0 saturated heterocycles. The summed E-state index contributed by atoms with van der Waals surface area (Å²) in [6, 6.07) is 3.65. The van der Waals surface area contributed by atoms with E-state index in [4.69, 9.17) is 5.11 Å². The zero-order valence-corrected chi connectivity index (χ0v) is 10.2. The second-order valence-electron chi connectivity index (χ2n) is 3.02. The van der Waals surface area contributed by atoms with Crippen LogP contribution in [0.25, 0.3) is 0 Å². The molecule has 5 heteroatoms. The average Bonchev–Trinajstić information content (AvgIpc) is 2.69. The fourth-order valence-corrected chi connectivity index (χ4v) is 3.05. The van der Waals surface area contributed by atoms with Crippen LogP contribution in [0.15, 0.2) is 21.7 Å². The number of carbonyl (C=O) groups is 1. The number of rotatable bonds is 7. The molecule has 0 saturated carbocycles. The third-order valence-corrected chi connectivity index (χ3v) is 4.06. The van der Waals surface area contributed by atoms with Gasteiger partial charge in [0.15, 0.2) is 0 Å². The third-order valence-electron chi connectivity index (χ3n) is 1.89. The first-order chi connectivity index (χ1) is 7.24. The Bertz CT molecular complexity index is 288. The highest BCUT2D eigenvalue weighted by Crippen LogP contribution is 2.24. The predicted octanol–water partition coefficient (Wildman–Crippen LogP) is 2.29. The molecule has 0 aliphatic carbocycles. The van der Waals surface area contributed by atoms with Gasteiger partial charge in [0.2, 0.25) is 0 Å². The van der Waals surface area contributed by atoms with E-state index < -0.39 is 12.0 Å². The zero-order valence-electron chi connectivity index (χ0n) is 8.60. The van der Waals surface area contributed by atoms with E-state index in [0.29, 0.717) is 13.0 Å². The molecule has 1 unspecified atom stereocenters. The Morgan fingerprint density at radius 2 is 2.53 bits per heavy atom. The Morgan fingerprint density at radius 3 is 3.07 bits per heavy atom. The minimum absolute atomic E-state index is 0.414. The van der Waals surface area contributed by atoms with Gasteiger partial charge >= 0.3 is 5.97 Å². The average molecular weight is 245 g/mol. The van der Waals surface area contributed by atoms with Crippen LogP contribution in [0, 0.1) is 0 Å². The number of hydrogen-bond acceptors (Lipinski definition) is 4. The summed E-state index contributed by atoms with van der Waals surface area (Å²) in [5, 5.41) is 13.9. The topological polar surface area (TPSA) is 49.3 Å². The van der Waals surface area contributed by atoms with Crippen LogP contribution in [0.3, 0.4) is 0 Å². The highest BCUT2D eigenvalue weighted by atomic mass is 32.2. The van der Waals surface area contributed by atoms with Gasteiger partial charge in [-0.05, 0) is 24.4 Å². The van der Waals surface area contributed by atoms with Crippen molar-refractivity contribution in [3.63, 3.8) is 0 Å². The molecule has 1 atom stereocenters. The second-order valence-corrected chi connectivity index (χ2v) is 5.36. The fraction of sp³-hybridized carbons (Fsp3) is 0.500. The molecule has 1 aromatic rings. The quantitative estimate of drug-likeness (QED) is 0.724. The summed E-state index contributed by atoms with van der Waals surface area (Å²) < 4.78 is 1.25. The summed E-state index contributed by atoms with van der Waals surface area (Å²) >= 11 is 3.41. The minimum Gasteiger partial charge on any atom is -0.480 e. The minimum atomic E-state index is -0.761. The van der Waals surface area contributed by atoms with Crippen LogP contribution in [0.5, 0.6) is 0 Å². The highest BCUT2D eigenvalue weighted by Gasteiger charge is 2.15. The Balaban J connectivity index is 2.25. The van der Waals surface area contributed by atoms with Gasteiger partial charge in [0.05, 0.1) is 4.21 Å². The summed E-state index contributed by atoms with van der Waals surface area (Å²) in [4.78, 5) is 10.8. The fourth-order valence-electron chi connectivity index (χ4n) is 1.18. The zero-order chi connectivity index (χ0) is 11.1. The van der Waals surface area contributed by atoms with E-state index in [2.05, 4.69) is 11.4 Å². The molecule has 0 aliphatic heterocycles. The van der Waals surface area contributed by atoms with Gasteiger partial charge in [0.25, 0.3) is 0 Å². The molecule has 0 spiro atoms. The van der Waals surface area contributed by atoms with Gasteiger partial charge in [-0.3, -0.25) is 4.79 Å². The van der Waals surface area contributed by atoms with Crippen molar-refractivity contribution in [1.29, 1.82) is 0 Å². The summed E-state index contributed by atoms with van der Waals surface area (Å²) in [6.07, 6.45) is 0.658. The van der Waals surface area contributed by atoms with Gasteiger partial charge in [0, 0.05) is 5.75 Å². The number of thiophene rings is 1. The van der Waals surface area contributed by atoms with Crippen molar-refractivity contribution in [3.05, 3.63) is 17.5 Å². The summed E-state index contributed by atoms with van der Waals surface area (Å²) in [5.41, 5.74) is 0. The molecule has 0 radical (unpaired) electrons. The van der Waals surface area contributed by atoms with Crippen LogP contribution in [0.4, 0.5) is 0 Å². The summed E-state index contributed by atoms with van der Waals surface area (Å²) in [6.45, 7) is 2.61. The maximum absolute atomic E-state index is 10.8. The molecule has 0 aliphatic rings. The number of carboxylic acid groups (broad SMARTS) is 1. The molecule has 1 rings (SSSR count). The van der Waals surface area contributed by atoms with Crippen molar-refractivity contribution < 1.29 is 9.90 Å². The van der Waals surface area contributed by atoms with Crippen molar-refractivity contribution in [2.24, 2.45) is 0 Å². The molecule has 84 valence electrons. The lowest BCUT2D eigenvalue weighted by molar-refractivity contribution is -0.139. The van der Waals surface area contributed by atoms with Gasteiger partial charge in [-0.25, -0.2) is 0 Å². The number of aliphatic carboxylic acids is 1. The molecule has 0 bridgehead atoms. The highest BCUT2D eigenvalue weighted by molar-refractivity contribution is 8.01. The first-order valence-corrected chi connectivity index (χ1v) is 6.73. The van der Waals surface area contributed by atoms with E-state index in [0.717, 1.165) is 5.75 Å². The van der Waals surface area contributed by atoms with Gasteiger partial charge in [0.1, 0.15) is 6.04 Å². The van der Waals surface area contributed by atoms with Crippen molar-refractivity contribution in [1.82, 2.24) is 5.32 Å². The lowest BCUT2D eigenvalue weighted by atomic mass is 10.2. The van der Waals surface area contributed by atoms with Crippen LogP contribution in [-0.2, 0) is 4.79 Å². The molecular formula is C10H15NO2S2. The lowest BCUT2D eigenvalue weighted by Gasteiger charge is -2.11. The lowest BCUT2D eigenvalue weighted by Crippen LogP contribution is -2.36. The van der Waals surface area contributed by atoms with Crippen molar-refractivity contribution >= 4 is 29.1 Å². The van der Waals surface area contributed by atoms with E-state index in [-0.39, 0.29) is 0 Å². The Morgan fingerprint density at radius 1 is 1.73 bits per heavy atom. The largest absolute Gasteiger partial charge is 0.480 e. The summed E-state index contributed by atoms with van der Waals surface area (Å²) in [7, 11) is 0. The SMILES string of the molecule is CCNC(CCSc1cccs1)C(=O)O. The first-order valence-electron chi connectivity index (χ1n) is 4.86. The Labute approximate surface area is 97.9 Å². The van der Waals surface area contributed by atoms with Crippen LogP contribution < -0.4 is 5.32 Å². The Kier molecular flexibility index (Phi) is 5.75. The monoisotopic (exact) mass is 245 g/mol. The second kappa shape index (κ2) is 6.87. The van der Waals surface area contributed by atoms with Crippen molar-refractivity contribution in [2.75, 3.05) is 12.3 Å². The molecule has 15 heavy (non-hydrogen) atoms. The smallest absolute Gasteiger partial charge is 0.320 e. The van der Waals surface area contributed by atoms with Gasteiger partial charge in [-0.1, -0.05) is 13.0 Å². The van der Waals surface area contributed by atoms with Crippen LogP contribution >= 0.6 is 23.1 Å². The number of hydrogen-bond donors (Lipinski definition) is 2. The van der Waals surface area contributed by atoms with Crippen molar-refractivity contribution in [3.8, 4) is 0 Å². The molecule has 2 N–H and O–H groups in total. The number of carboxylic acids is 1. The van der Waals surface area contributed by atoms with E-state index in [1.165, 1.54) is 4.21 Å².